The summed E-state index contributed by atoms with van der Waals surface area (Å²) in [5.41, 5.74) is 6.44. The van der Waals surface area contributed by atoms with Crippen molar-refractivity contribution in [2.75, 3.05) is 5.32 Å². The van der Waals surface area contributed by atoms with Gasteiger partial charge in [0.1, 0.15) is 5.75 Å². The third-order valence-corrected chi connectivity index (χ3v) is 3.73. The van der Waals surface area contributed by atoms with E-state index in [4.69, 9.17) is 10.5 Å². The largest absolute Gasteiger partial charge is 0.427 e. The van der Waals surface area contributed by atoms with Crippen LogP contribution in [0.3, 0.4) is 0 Å². The van der Waals surface area contributed by atoms with Crippen LogP contribution in [0.2, 0.25) is 0 Å². The summed E-state index contributed by atoms with van der Waals surface area (Å²) in [7, 11) is 0. The topological polar surface area (TPSA) is 98.5 Å². The number of hydrogen-bond acceptors (Lipinski definition) is 4. The first kappa shape index (κ1) is 18.4. The van der Waals surface area contributed by atoms with Gasteiger partial charge in [0.2, 0.25) is 0 Å². The third kappa shape index (κ3) is 6.63. The number of allylic oxidation sites excluding steroid dienone is 4. The van der Waals surface area contributed by atoms with Crippen molar-refractivity contribution in [3.8, 4) is 5.75 Å². The number of anilines is 1. The van der Waals surface area contributed by atoms with Crippen molar-refractivity contribution in [2.45, 2.75) is 38.5 Å². The van der Waals surface area contributed by atoms with Crippen LogP contribution in [0.4, 0.5) is 10.5 Å². The summed E-state index contributed by atoms with van der Waals surface area (Å²) in [6, 6.07) is 5.75. The first-order valence-electron chi connectivity index (χ1n) is 8.29. The van der Waals surface area contributed by atoms with E-state index in [0.717, 1.165) is 18.4 Å². The maximum absolute atomic E-state index is 11.8. The van der Waals surface area contributed by atoms with Gasteiger partial charge in [-0.1, -0.05) is 18.2 Å². The summed E-state index contributed by atoms with van der Waals surface area (Å²) in [6.07, 6.45) is 9.88. The van der Waals surface area contributed by atoms with Crippen molar-refractivity contribution in [1.82, 2.24) is 0 Å². The fraction of sp³-hybridized carbons (Fsp3) is 0.316. The zero-order chi connectivity index (χ0) is 18.1. The highest BCUT2D eigenvalue weighted by atomic mass is 16.5. The van der Waals surface area contributed by atoms with E-state index in [0.29, 0.717) is 37.1 Å². The number of ketones is 1. The Morgan fingerprint density at radius 3 is 2.60 bits per heavy atom. The number of Topliss-reactive ketones (excluding diaryl/α,β-unsaturated/α-hetero) is 1. The van der Waals surface area contributed by atoms with E-state index in [-0.39, 0.29) is 11.8 Å². The Bertz CT molecular complexity index is 690. The van der Waals surface area contributed by atoms with Crippen LogP contribution in [0.5, 0.6) is 5.75 Å². The second kappa shape index (κ2) is 9.42. The Kier molecular flexibility index (Phi) is 6.95. The molecule has 6 heteroatoms. The van der Waals surface area contributed by atoms with Gasteiger partial charge in [0, 0.05) is 18.5 Å². The first-order valence-corrected chi connectivity index (χ1v) is 8.29. The zero-order valence-electron chi connectivity index (χ0n) is 14.0. The van der Waals surface area contributed by atoms with Gasteiger partial charge >= 0.3 is 12.0 Å². The number of esters is 1. The Balaban J connectivity index is 1.63. The number of amides is 2. The van der Waals surface area contributed by atoms with E-state index in [9.17, 15) is 14.4 Å². The number of nitrogens with one attached hydrogen (secondary N) is 1. The standard InChI is InChI=1S/C19H22N2O4/c20-19(24)21-15-10-12-16(13-11-15)25-18(23)9-4-2-1-3-6-14-7-5-8-17(14)22/h1,3,7,10-13H,2,4-6,8-9H2,(H3,20,21,24). The summed E-state index contributed by atoms with van der Waals surface area (Å²) in [4.78, 5) is 33.9. The predicted octanol–water partition coefficient (Wildman–Crippen LogP) is 3.49. The average molecular weight is 342 g/mol. The molecule has 1 aliphatic carbocycles. The highest BCUT2D eigenvalue weighted by Crippen LogP contribution is 2.18. The molecule has 0 saturated carbocycles. The van der Waals surface area contributed by atoms with Crippen LogP contribution in [-0.2, 0) is 9.59 Å². The monoisotopic (exact) mass is 342 g/mol. The van der Waals surface area contributed by atoms with E-state index >= 15 is 0 Å². The van der Waals surface area contributed by atoms with Crippen molar-refractivity contribution >= 4 is 23.5 Å². The highest BCUT2D eigenvalue weighted by molar-refractivity contribution is 5.97. The number of urea groups is 1. The molecule has 0 aliphatic heterocycles. The number of primary amides is 1. The number of ether oxygens (including phenoxy) is 1. The summed E-state index contributed by atoms with van der Waals surface area (Å²) in [5, 5.41) is 2.43. The maximum Gasteiger partial charge on any atom is 0.316 e. The van der Waals surface area contributed by atoms with Crippen molar-refractivity contribution in [3.05, 3.63) is 48.1 Å². The van der Waals surface area contributed by atoms with Crippen LogP contribution in [0.15, 0.2) is 48.1 Å². The van der Waals surface area contributed by atoms with Crippen molar-refractivity contribution in [1.29, 1.82) is 0 Å². The second-order valence-electron chi connectivity index (χ2n) is 5.75. The average Bonchev–Trinajstić information content (AvgIpc) is 2.97. The van der Waals surface area contributed by atoms with Crippen molar-refractivity contribution in [2.24, 2.45) is 5.73 Å². The SMILES string of the molecule is NC(=O)Nc1ccc(OC(=O)CCCC=CCC2=CCCC2=O)cc1. The summed E-state index contributed by atoms with van der Waals surface area (Å²) >= 11 is 0. The summed E-state index contributed by atoms with van der Waals surface area (Å²) in [5.74, 6) is 0.352. The van der Waals surface area contributed by atoms with Gasteiger partial charge in [-0.3, -0.25) is 9.59 Å². The molecule has 25 heavy (non-hydrogen) atoms. The quantitative estimate of drug-likeness (QED) is 0.327. The minimum Gasteiger partial charge on any atom is -0.427 e. The lowest BCUT2D eigenvalue weighted by Gasteiger charge is -2.05. The van der Waals surface area contributed by atoms with Gasteiger partial charge in [-0.05, 0) is 55.5 Å². The van der Waals surface area contributed by atoms with Gasteiger partial charge < -0.3 is 15.8 Å². The molecule has 0 saturated heterocycles. The molecular formula is C19H22N2O4. The molecule has 0 atom stereocenters. The van der Waals surface area contributed by atoms with E-state index in [1.54, 1.807) is 24.3 Å². The van der Waals surface area contributed by atoms with E-state index in [2.05, 4.69) is 5.32 Å². The minimum atomic E-state index is -0.647. The molecule has 3 N–H and O–H groups in total. The Morgan fingerprint density at radius 2 is 1.96 bits per heavy atom. The van der Waals surface area contributed by atoms with E-state index in [1.807, 2.05) is 18.2 Å². The molecule has 0 unspecified atom stereocenters. The Hall–Kier alpha value is -2.89. The van der Waals surface area contributed by atoms with Crippen LogP contribution in [0, 0.1) is 0 Å². The lowest BCUT2D eigenvalue weighted by Crippen LogP contribution is -2.19. The fourth-order valence-electron chi connectivity index (χ4n) is 2.47. The second-order valence-corrected chi connectivity index (χ2v) is 5.75. The predicted molar refractivity (Wildman–Crippen MR) is 95.2 cm³/mol. The smallest absolute Gasteiger partial charge is 0.316 e. The minimum absolute atomic E-state index is 0.241. The van der Waals surface area contributed by atoms with Crippen LogP contribution in [-0.4, -0.2) is 17.8 Å². The molecule has 132 valence electrons. The number of hydrogen-bond donors (Lipinski definition) is 2. The van der Waals surface area contributed by atoms with Gasteiger partial charge in [-0.15, -0.1) is 0 Å². The molecule has 1 aliphatic rings. The zero-order valence-corrected chi connectivity index (χ0v) is 14.0. The van der Waals surface area contributed by atoms with Gasteiger partial charge in [-0.25, -0.2) is 4.79 Å². The fourth-order valence-corrected chi connectivity index (χ4v) is 2.47. The number of unbranched alkanes of at least 4 members (excludes halogenated alkanes) is 1. The third-order valence-electron chi connectivity index (χ3n) is 3.73. The van der Waals surface area contributed by atoms with E-state index < -0.39 is 6.03 Å². The lowest BCUT2D eigenvalue weighted by atomic mass is 10.1. The molecule has 0 heterocycles. The molecule has 1 aromatic carbocycles. The number of rotatable bonds is 8. The molecule has 0 bridgehead atoms. The van der Waals surface area contributed by atoms with Crippen LogP contribution < -0.4 is 15.8 Å². The summed E-state index contributed by atoms with van der Waals surface area (Å²) < 4.78 is 5.22. The van der Waals surface area contributed by atoms with Gasteiger partial charge in [0.05, 0.1) is 0 Å². The first-order chi connectivity index (χ1) is 12.0. The normalized spacial score (nSPS) is 13.8. The Morgan fingerprint density at radius 1 is 1.20 bits per heavy atom. The highest BCUT2D eigenvalue weighted by Gasteiger charge is 2.12. The lowest BCUT2D eigenvalue weighted by molar-refractivity contribution is -0.134. The molecule has 0 fully saturated rings. The van der Waals surface area contributed by atoms with Crippen molar-refractivity contribution < 1.29 is 19.1 Å². The number of nitrogens with two attached hydrogens (primary N) is 1. The van der Waals surface area contributed by atoms with Crippen LogP contribution in [0.25, 0.3) is 0 Å². The molecule has 0 radical (unpaired) electrons. The van der Waals surface area contributed by atoms with Crippen LogP contribution >= 0.6 is 0 Å². The van der Waals surface area contributed by atoms with Gasteiger partial charge in [-0.2, -0.15) is 0 Å². The van der Waals surface area contributed by atoms with Gasteiger partial charge in [0.25, 0.3) is 0 Å². The number of carbonyl (C=O) groups excluding carboxylic acids is 3. The molecule has 6 nitrogen and oxygen atoms in total. The molecule has 1 aromatic rings. The molecule has 2 amide bonds. The molecule has 0 spiro atoms. The number of carbonyl (C=O) groups is 3. The summed E-state index contributed by atoms with van der Waals surface area (Å²) in [6.45, 7) is 0. The van der Waals surface area contributed by atoms with Crippen LogP contribution in [0.1, 0.15) is 38.5 Å². The Labute approximate surface area is 146 Å². The number of benzene rings is 1. The molecule has 2 rings (SSSR count). The molecule has 0 aromatic heterocycles. The maximum atomic E-state index is 11.8. The van der Waals surface area contributed by atoms with Crippen molar-refractivity contribution in [3.63, 3.8) is 0 Å². The van der Waals surface area contributed by atoms with E-state index in [1.165, 1.54) is 0 Å². The molecular weight excluding hydrogens is 320 g/mol. The van der Waals surface area contributed by atoms with Gasteiger partial charge in [0.15, 0.2) is 5.78 Å².